The highest BCUT2D eigenvalue weighted by Gasteiger charge is 2.46. The number of rotatable bonds is 6. The second-order valence-electron chi connectivity index (χ2n) is 12.4. The third-order valence-corrected chi connectivity index (χ3v) is 9.24. The highest BCUT2D eigenvalue weighted by atomic mass is 19.4. The van der Waals surface area contributed by atoms with E-state index in [4.69, 9.17) is 24.9 Å². The molecule has 0 spiro atoms. The molecule has 0 bridgehead atoms. The van der Waals surface area contributed by atoms with Crippen LogP contribution in [0.2, 0.25) is 0 Å². The lowest BCUT2D eigenvalue weighted by Gasteiger charge is -2.38. The van der Waals surface area contributed by atoms with Crippen molar-refractivity contribution >= 4 is 22.4 Å². The van der Waals surface area contributed by atoms with Crippen molar-refractivity contribution in [3.63, 3.8) is 0 Å². The van der Waals surface area contributed by atoms with Gasteiger partial charge in [0.05, 0.1) is 42.7 Å². The normalized spacial score (nSPS) is 23.0. The number of aryl methyl sites for hydroxylation is 1. The molecule has 3 fully saturated rings. The lowest BCUT2D eigenvalue weighted by atomic mass is 9.96. The van der Waals surface area contributed by atoms with Crippen LogP contribution in [0.5, 0.6) is 11.9 Å². The van der Waals surface area contributed by atoms with Crippen molar-refractivity contribution in [3.8, 4) is 23.1 Å². The predicted octanol–water partition coefficient (Wildman–Crippen LogP) is 3.93. The Balaban J connectivity index is 1.38. The Hall–Kier alpha value is -3.56. The Morgan fingerprint density at radius 1 is 1.11 bits per heavy atom. The summed E-state index contributed by atoms with van der Waals surface area (Å²) in [6, 6.07) is 0.481. The summed E-state index contributed by atoms with van der Waals surface area (Å²) in [5.41, 5.74) is 0.957. The largest absolute Gasteiger partial charge is 0.472 e. The number of fused-ring (bicyclic) bond motifs is 2. The van der Waals surface area contributed by atoms with E-state index in [2.05, 4.69) is 20.2 Å². The summed E-state index contributed by atoms with van der Waals surface area (Å²) in [7, 11) is 0. The third-order valence-electron chi connectivity index (χ3n) is 9.24. The number of nitrogens with two attached hydrogens (primary N) is 1. The van der Waals surface area contributed by atoms with Crippen molar-refractivity contribution in [2.75, 3.05) is 69.7 Å². The third kappa shape index (κ3) is 5.37. The van der Waals surface area contributed by atoms with Crippen LogP contribution in [0.1, 0.15) is 30.9 Å². The van der Waals surface area contributed by atoms with Gasteiger partial charge in [-0.25, -0.2) is 13.8 Å². The SMILES string of the molecule is Cc1cc(N)c(F)c(-c2nc3c4c(nc(OCC5(CN6CCOCC6)CC5)nc4c2F)N2CCNC[C@H]2[C@H](C)O3)c1C(F)(F)F. The van der Waals surface area contributed by atoms with Gasteiger partial charge in [-0.2, -0.15) is 23.1 Å². The fourth-order valence-electron chi connectivity index (χ4n) is 6.67. The Bertz CT molecular complexity index is 1650. The Morgan fingerprint density at radius 2 is 1.87 bits per heavy atom. The first-order valence-corrected chi connectivity index (χ1v) is 15.1. The second-order valence-corrected chi connectivity index (χ2v) is 12.4. The molecule has 10 nitrogen and oxygen atoms in total. The van der Waals surface area contributed by atoms with E-state index in [1.54, 1.807) is 6.92 Å². The number of hydrogen-bond donors (Lipinski definition) is 2. The van der Waals surface area contributed by atoms with Crippen LogP contribution in [0.25, 0.3) is 22.2 Å². The summed E-state index contributed by atoms with van der Waals surface area (Å²) in [5.74, 6) is -2.57. The fourth-order valence-corrected chi connectivity index (χ4v) is 6.67. The summed E-state index contributed by atoms with van der Waals surface area (Å²) in [6.45, 7) is 8.61. The van der Waals surface area contributed by atoms with Crippen LogP contribution in [0.4, 0.5) is 33.5 Å². The minimum atomic E-state index is -5.03. The maximum Gasteiger partial charge on any atom is 0.417 e. The summed E-state index contributed by atoms with van der Waals surface area (Å²) in [4.78, 5) is 17.6. The van der Waals surface area contributed by atoms with Crippen LogP contribution in [0.3, 0.4) is 0 Å². The molecule has 1 aliphatic carbocycles. The number of anilines is 2. The van der Waals surface area contributed by atoms with E-state index in [-0.39, 0.29) is 46.4 Å². The fraction of sp³-hybridized carbons (Fsp3) is 0.567. The topological polar surface area (TPSA) is 111 Å². The zero-order chi connectivity index (χ0) is 31.7. The molecule has 4 aliphatic rings. The van der Waals surface area contributed by atoms with Gasteiger partial charge in [0.15, 0.2) is 11.6 Å². The standard InChI is InChI=1S/C30H34F5N7O3/c1-15-11-17(36)22(31)19(21(15)30(33,34)35)24-23(32)25-20-26(42-6-5-37-12-18(42)16(2)45-27(20)38-24)40-28(39-25)44-14-29(3-4-29)13-41-7-9-43-10-8-41/h11,16,18,37H,3-10,12-14,36H2,1-2H3/t16-,18-/m0/s1. The first-order chi connectivity index (χ1) is 21.5. The summed E-state index contributed by atoms with van der Waals surface area (Å²) < 4.78 is 92.9. The molecule has 45 heavy (non-hydrogen) atoms. The number of alkyl halides is 3. The number of benzene rings is 1. The molecule has 3 aliphatic heterocycles. The van der Waals surface area contributed by atoms with Gasteiger partial charge in [0.25, 0.3) is 0 Å². The van der Waals surface area contributed by atoms with Crippen molar-refractivity contribution in [2.24, 2.45) is 5.41 Å². The maximum absolute atomic E-state index is 16.6. The zero-order valence-corrected chi connectivity index (χ0v) is 24.9. The molecule has 2 saturated heterocycles. The summed E-state index contributed by atoms with van der Waals surface area (Å²) in [6.07, 6.45) is -3.69. The highest BCUT2D eigenvalue weighted by molar-refractivity contribution is 5.97. The van der Waals surface area contributed by atoms with Gasteiger partial charge in [-0.1, -0.05) is 0 Å². The van der Waals surface area contributed by atoms with E-state index in [0.717, 1.165) is 45.5 Å². The van der Waals surface area contributed by atoms with Crippen LogP contribution < -0.4 is 25.4 Å². The van der Waals surface area contributed by atoms with E-state index in [9.17, 15) is 13.2 Å². The first-order valence-electron chi connectivity index (χ1n) is 15.1. The van der Waals surface area contributed by atoms with Gasteiger partial charge in [0, 0.05) is 44.7 Å². The van der Waals surface area contributed by atoms with Gasteiger partial charge in [0.1, 0.15) is 28.5 Å². The number of hydrogen-bond acceptors (Lipinski definition) is 10. The van der Waals surface area contributed by atoms with Crippen molar-refractivity contribution in [1.29, 1.82) is 0 Å². The molecule has 1 saturated carbocycles. The predicted molar refractivity (Wildman–Crippen MR) is 155 cm³/mol. The van der Waals surface area contributed by atoms with E-state index in [1.807, 2.05) is 4.90 Å². The molecular formula is C30H34F5N7O3. The molecule has 0 radical (unpaired) electrons. The smallest absolute Gasteiger partial charge is 0.417 e. The average Bonchev–Trinajstić information content (AvgIpc) is 3.79. The van der Waals surface area contributed by atoms with Gasteiger partial charge in [-0.15, -0.1) is 0 Å². The van der Waals surface area contributed by atoms with Crippen LogP contribution in [0, 0.1) is 24.0 Å². The molecule has 2 aromatic heterocycles. The Kier molecular flexibility index (Phi) is 7.40. The molecule has 7 rings (SSSR count). The number of aromatic nitrogens is 3. The molecule has 0 amide bonds. The van der Waals surface area contributed by atoms with E-state index >= 15 is 8.78 Å². The molecule has 15 heteroatoms. The number of piperazine rings is 1. The van der Waals surface area contributed by atoms with Gasteiger partial charge < -0.3 is 30.2 Å². The number of nitrogens with zero attached hydrogens (tertiary/aromatic N) is 5. The molecule has 0 unspecified atom stereocenters. The van der Waals surface area contributed by atoms with Crippen LogP contribution >= 0.6 is 0 Å². The lowest BCUT2D eigenvalue weighted by Crippen LogP contribution is -2.56. The number of nitrogens with one attached hydrogen (secondary N) is 1. The van der Waals surface area contributed by atoms with Gasteiger partial charge in [-0.05, 0) is 38.3 Å². The maximum atomic E-state index is 16.6. The minimum Gasteiger partial charge on any atom is -0.472 e. The monoisotopic (exact) mass is 635 g/mol. The van der Waals surface area contributed by atoms with Gasteiger partial charge in [0.2, 0.25) is 5.88 Å². The van der Waals surface area contributed by atoms with Gasteiger partial charge >= 0.3 is 12.2 Å². The van der Waals surface area contributed by atoms with Crippen LogP contribution in [0.15, 0.2) is 6.07 Å². The molecule has 3 aromatic rings. The van der Waals surface area contributed by atoms with Crippen molar-refractivity contribution < 1.29 is 36.2 Å². The molecule has 3 N–H and O–H groups in total. The number of pyridine rings is 1. The lowest BCUT2D eigenvalue weighted by molar-refractivity contribution is -0.137. The van der Waals surface area contributed by atoms with E-state index in [0.29, 0.717) is 38.7 Å². The van der Waals surface area contributed by atoms with Gasteiger partial charge in [-0.3, -0.25) is 4.90 Å². The highest BCUT2D eigenvalue weighted by Crippen LogP contribution is 2.48. The van der Waals surface area contributed by atoms with E-state index in [1.165, 1.54) is 0 Å². The molecule has 5 heterocycles. The van der Waals surface area contributed by atoms with Crippen molar-refractivity contribution in [1.82, 2.24) is 25.2 Å². The van der Waals surface area contributed by atoms with Crippen LogP contribution in [-0.4, -0.2) is 91.1 Å². The molecular weight excluding hydrogens is 601 g/mol. The number of halogens is 5. The minimum absolute atomic E-state index is 0.0869. The average molecular weight is 636 g/mol. The molecule has 1 aromatic carbocycles. The van der Waals surface area contributed by atoms with Crippen molar-refractivity contribution in [3.05, 3.63) is 28.8 Å². The van der Waals surface area contributed by atoms with Crippen LogP contribution in [-0.2, 0) is 10.9 Å². The number of nitrogen functional groups attached to an aromatic ring is 1. The Morgan fingerprint density at radius 3 is 2.58 bits per heavy atom. The first kappa shape index (κ1) is 30.1. The van der Waals surface area contributed by atoms with Crippen molar-refractivity contribution in [2.45, 2.75) is 45.0 Å². The quantitative estimate of drug-likeness (QED) is 0.306. The zero-order valence-electron chi connectivity index (χ0n) is 24.9. The summed E-state index contributed by atoms with van der Waals surface area (Å²) >= 11 is 0. The van der Waals surface area contributed by atoms with E-state index < -0.39 is 46.4 Å². The number of ether oxygens (including phenoxy) is 3. The number of morpholine rings is 1. The Labute approximate surface area is 256 Å². The summed E-state index contributed by atoms with van der Waals surface area (Å²) in [5, 5.41) is 3.39. The molecule has 242 valence electrons. The molecule has 2 atom stereocenters. The second kappa shape index (κ2) is 11.1.